The number of nitrogens with one attached hydrogen (secondary N) is 1. The lowest BCUT2D eigenvalue weighted by Gasteiger charge is -2.25. The molecular weight excluding hydrogens is 413 g/mol. The van der Waals surface area contributed by atoms with Crippen LogP contribution in [0.4, 0.5) is 24.5 Å². The van der Waals surface area contributed by atoms with E-state index < -0.39 is 22.5 Å². The molecule has 2 atom stereocenters. The van der Waals surface area contributed by atoms with Gasteiger partial charge < -0.3 is 5.32 Å². The van der Waals surface area contributed by atoms with Crippen LogP contribution < -0.4 is 10.2 Å². The van der Waals surface area contributed by atoms with Crippen molar-refractivity contribution in [2.24, 2.45) is 0 Å². The topological polar surface area (TPSA) is 49.4 Å². The number of carbonyl (C=O) groups is 2. The summed E-state index contributed by atoms with van der Waals surface area (Å²) < 4.78 is 38.4. The Hall–Kier alpha value is -2.19. The molecule has 2 amide bonds. The fourth-order valence-electron chi connectivity index (χ4n) is 2.77. The number of thioether (sulfide) groups is 1. The average Bonchev–Trinajstić information content (AvgIpc) is 3.03. The maximum absolute atomic E-state index is 12.8. The number of halogens is 4. The molecule has 0 saturated carbocycles. The van der Waals surface area contributed by atoms with Crippen LogP contribution >= 0.6 is 23.4 Å². The second-order valence-corrected chi connectivity index (χ2v) is 7.93. The number of amides is 2. The predicted molar refractivity (Wildman–Crippen MR) is 105 cm³/mol. The highest BCUT2D eigenvalue weighted by atomic mass is 35.5. The van der Waals surface area contributed by atoms with Crippen molar-refractivity contribution in [3.8, 4) is 0 Å². The molecule has 2 aromatic rings. The highest BCUT2D eigenvalue weighted by Crippen LogP contribution is 2.43. The quantitative estimate of drug-likeness (QED) is 0.693. The monoisotopic (exact) mass is 428 g/mol. The Bertz CT molecular complexity index is 887. The second kappa shape index (κ2) is 8.05. The lowest BCUT2D eigenvalue weighted by atomic mass is 10.1. The summed E-state index contributed by atoms with van der Waals surface area (Å²) in [6.07, 6.45) is -4.44. The Balaban J connectivity index is 1.87. The van der Waals surface area contributed by atoms with E-state index in [4.69, 9.17) is 11.6 Å². The van der Waals surface area contributed by atoms with E-state index in [9.17, 15) is 22.8 Å². The molecule has 0 radical (unpaired) electrons. The zero-order chi connectivity index (χ0) is 20.5. The van der Waals surface area contributed by atoms with Gasteiger partial charge in [0, 0.05) is 11.4 Å². The largest absolute Gasteiger partial charge is 0.416 e. The molecule has 3 rings (SSSR count). The van der Waals surface area contributed by atoms with Crippen LogP contribution in [0.5, 0.6) is 0 Å². The normalized spacial score (nSPS) is 18.2. The molecule has 2 aromatic carbocycles. The van der Waals surface area contributed by atoms with Gasteiger partial charge in [-0.1, -0.05) is 12.1 Å². The van der Waals surface area contributed by atoms with E-state index in [1.807, 2.05) is 0 Å². The molecule has 28 heavy (non-hydrogen) atoms. The Labute approximate surface area is 169 Å². The molecule has 0 bridgehead atoms. The summed E-state index contributed by atoms with van der Waals surface area (Å²) in [5.41, 5.74) is 0.891. The van der Waals surface area contributed by atoms with Crippen molar-refractivity contribution in [1.29, 1.82) is 0 Å². The van der Waals surface area contributed by atoms with Gasteiger partial charge in [0.15, 0.2) is 0 Å². The molecule has 9 heteroatoms. The van der Waals surface area contributed by atoms with Gasteiger partial charge in [0.1, 0.15) is 10.8 Å². The minimum atomic E-state index is -4.44. The van der Waals surface area contributed by atoms with Crippen molar-refractivity contribution < 1.29 is 22.8 Å². The van der Waals surface area contributed by atoms with Gasteiger partial charge in [-0.3, -0.25) is 14.5 Å². The molecule has 1 fully saturated rings. The van der Waals surface area contributed by atoms with E-state index in [1.54, 1.807) is 31.2 Å². The van der Waals surface area contributed by atoms with Crippen molar-refractivity contribution in [3.63, 3.8) is 0 Å². The third-order valence-electron chi connectivity index (χ3n) is 4.14. The van der Waals surface area contributed by atoms with Gasteiger partial charge in [-0.05, 0) is 48.9 Å². The van der Waals surface area contributed by atoms with Crippen LogP contribution in [-0.4, -0.2) is 22.9 Å². The van der Waals surface area contributed by atoms with Crippen molar-refractivity contribution in [2.75, 3.05) is 16.0 Å². The van der Waals surface area contributed by atoms with Crippen LogP contribution in [0.15, 0.2) is 48.5 Å². The van der Waals surface area contributed by atoms with Gasteiger partial charge in [0.05, 0.1) is 11.3 Å². The van der Waals surface area contributed by atoms with Crippen molar-refractivity contribution >= 4 is 46.6 Å². The van der Waals surface area contributed by atoms with Crippen LogP contribution in [0.3, 0.4) is 0 Å². The first kappa shape index (κ1) is 20.5. The van der Waals surface area contributed by atoms with Crippen molar-refractivity contribution in [1.82, 2.24) is 0 Å². The van der Waals surface area contributed by atoms with E-state index in [1.165, 1.54) is 28.8 Å². The zero-order valence-electron chi connectivity index (χ0n) is 14.7. The molecule has 1 N–H and O–H groups in total. The van der Waals surface area contributed by atoms with E-state index >= 15 is 0 Å². The van der Waals surface area contributed by atoms with Crippen LogP contribution in [0.1, 0.15) is 23.4 Å². The summed E-state index contributed by atoms with van der Waals surface area (Å²) in [6.45, 7) is 1.55. The Kier molecular flexibility index (Phi) is 5.90. The molecule has 0 aliphatic carbocycles. The molecular formula is C19H16ClF3N2O2S. The van der Waals surface area contributed by atoms with Gasteiger partial charge in [-0.25, -0.2) is 0 Å². The first-order chi connectivity index (χ1) is 13.2. The first-order valence-electron chi connectivity index (χ1n) is 8.32. The highest BCUT2D eigenvalue weighted by Gasteiger charge is 2.35. The standard InChI is InChI=1S/C19H16ClF3N2O2S/c1-11(20)17(27)24-14-4-2-3-12(9-14)18-25(16(26)10-28-18)15-7-5-13(6-8-15)19(21,22)23/h2-9,11,18H,10H2,1H3,(H,24,27)/t11-,18+/m1/s1. The Morgan fingerprint density at radius 1 is 1.25 bits per heavy atom. The number of alkyl halides is 4. The number of rotatable bonds is 4. The van der Waals surface area contributed by atoms with Crippen molar-refractivity contribution in [2.45, 2.75) is 23.9 Å². The lowest BCUT2D eigenvalue weighted by molar-refractivity contribution is -0.137. The summed E-state index contributed by atoms with van der Waals surface area (Å²) in [5, 5.41) is 1.58. The van der Waals surface area contributed by atoms with Gasteiger partial charge in [-0.15, -0.1) is 23.4 Å². The molecule has 1 saturated heterocycles. The third kappa shape index (κ3) is 4.44. The molecule has 1 aliphatic heterocycles. The average molecular weight is 429 g/mol. The van der Waals surface area contributed by atoms with Crippen molar-refractivity contribution in [3.05, 3.63) is 59.7 Å². The predicted octanol–water partition coefficient (Wildman–Crippen LogP) is 5.05. The molecule has 0 aromatic heterocycles. The molecule has 0 unspecified atom stereocenters. The summed E-state index contributed by atoms with van der Waals surface area (Å²) in [6, 6.07) is 11.5. The van der Waals surface area contributed by atoms with Crippen LogP contribution in [0.25, 0.3) is 0 Å². The highest BCUT2D eigenvalue weighted by molar-refractivity contribution is 8.00. The molecule has 1 aliphatic rings. The van der Waals surface area contributed by atoms with E-state index in [0.29, 0.717) is 11.4 Å². The fourth-order valence-corrected chi connectivity index (χ4v) is 3.99. The first-order valence-corrected chi connectivity index (χ1v) is 9.81. The maximum atomic E-state index is 12.8. The summed E-state index contributed by atoms with van der Waals surface area (Å²) in [5.74, 6) is -0.340. The SMILES string of the molecule is C[C@@H](Cl)C(=O)Nc1cccc([C@@H]2SCC(=O)N2c2ccc(C(F)(F)F)cc2)c1. The molecule has 4 nitrogen and oxygen atoms in total. The van der Waals surface area contributed by atoms with Gasteiger partial charge in [0.2, 0.25) is 11.8 Å². The fraction of sp³-hybridized carbons (Fsp3) is 0.263. The van der Waals surface area contributed by atoms with Crippen LogP contribution in [0, 0.1) is 0 Å². The van der Waals surface area contributed by atoms with Gasteiger partial charge >= 0.3 is 6.18 Å². The van der Waals surface area contributed by atoms with E-state index in [0.717, 1.165) is 17.7 Å². The number of anilines is 2. The van der Waals surface area contributed by atoms with Gasteiger partial charge in [-0.2, -0.15) is 13.2 Å². The number of hydrogen-bond donors (Lipinski definition) is 1. The van der Waals surface area contributed by atoms with Crippen LogP contribution in [-0.2, 0) is 15.8 Å². The third-order valence-corrected chi connectivity index (χ3v) is 5.55. The summed E-state index contributed by atoms with van der Waals surface area (Å²) >= 11 is 7.13. The minimum absolute atomic E-state index is 0.196. The molecule has 1 heterocycles. The Morgan fingerprint density at radius 2 is 1.93 bits per heavy atom. The number of hydrogen-bond acceptors (Lipinski definition) is 3. The smallest absolute Gasteiger partial charge is 0.325 e. The van der Waals surface area contributed by atoms with Crippen LogP contribution in [0.2, 0.25) is 0 Å². The summed E-state index contributed by atoms with van der Waals surface area (Å²) in [4.78, 5) is 25.6. The molecule has 0 spiro atoms. The second-order valence-electron chi connectivity index (χ2n) is 6.20. The lowest BCUT2D eigenvalue weighted by Crippen LogP contribution is -2.28. The number of benzene rings is 2. The van der Waals surface area contributed by atoms with E-state index in [2.05, 4.69) is 5.32 Å². The van der Waals surface area contributed by atoms with Gasteiger partial charge in [0.25, 0.3) is 0 Å². The number of nitrogens with zero attached hydrogens (tertiary/aromatic N) is 1. The maximum Gasteiger partial charge on any atom is 0.416 e. The minimum Gasteiger partial charge on any atom is -0.325 e. The zero-order valence-corrected chi connectivity index (χ0v) is 16.2. The number of carbonyl (C=O) groups excluding carboxylic acids is 2. The van der Waals surface area contributed by atoms with E-state index in [-0.39, 0.29) is 17.6 Å². The molecule has 148 valence electrons. The summed E-state index contributed by atoms with van der Waals surface area (Å²) in [7, 11) is 0. The Morgan fingerprint density at radius 3 is 2.54 bits per heavy atom.